The molecule has 2 rings (SSSR count). The zero-order valence-electron chi connectivity index (χ0n) is 14.5. The molecule has 0 saturated heterocycles. The average Bonchev–Trinajstić information content (AvgIpc) is 2.65. The van der Waals surface area contributed by atoms with Crippen molar-refractivity contribution in [3.05, 3.63) is 53.8 Å². The highest BCUT2D eigenvalue weighted by Gasteiger charge is 2.19. The maximum Gasteiger partial charge on any atom is 0.261 e. The summed E-state index contributed by atoms with van der Waals surface area (Å²) in [5.41, 5.74) is 0.853. The van der Waals surface area contributed by atoms with E-state index in [1.807, 2.05) is 13.0 Å². The summed E-state index contributed by atoms with van der Waals surface area (Å²) >= 11 is 0. The van der Waals surface area contributed by atoms with Gasteiger partial charge >= 0.3 is 0 Å². The Hall–Kier alpha value is -2.76. The van der Waals surface area contributed by atoms with Crippen LogP contribution in [0.1, 0.15) is 18.9 Å². The molecular formula is C19H22FNO4. The lowest BCUT2D eigenvalue weighted by molar-refractivity contribution is -0.128. The second-order valence-electron chi connectivity index (χ2n) is 5.35. The van der Waals surface area contributed by atoms with Gasteiger partial charge in [0, 0.05) is 6.54 Å². The van der Waals surface area contributed by atoms with Crippen molar-refractivity contribution in [3.8, 4) is 17.2 Å². The largest absolute Gasteiger partial charge is 0.493 e. The van der Waals surface area contributed by atoms with Gasteiger partial charge in [-0.15, -0.1) is 0 Å². The highest BCUT2D eigenvalue weighted by atomic mass is 19.1. The summed E-state index contributed by atoms with van der Waals surface area (Å²) in [5.74, 6) is 0.473. The first kappa shape index (κ1) is 18.6. The van der Waals surface area contributed by atoms with E-state index in [-0.39, 0.29) is 11.7 Å². The second-order valence-corrected chi connectivity index (χ2v) is 5.35. The van der Waals surface area contributed by atoms with E-state index in [0.29, 0.717) is 24.5 Å². The first-order valence-electron chi connectivity index (χ1n) is 7.98. The molecule has 0 aliphatic carbocycles. The number of hydrogen-bond donors (Lipinski definition) is 1. The fourth-order valence-electron chi connectivity index (χ4n) is 2.31. The van der Waals surface area contributed by atoms with Crippen molar-refractivity contribution in [1.82, 2.24) is 5.32 Å². The van der Waals surface area contributed by atoms with Gasteiger partial charge in [0.2, 0.25) is 0 Å². The maximum atomic E-state index is 13.7. The molecule has 6 heteroatoms. The van der Waals surface area contributed by atoms with E-state index in [9.17, 15) is 9.18 Å². The molecule has 0 aromatic heterocycles. The van der Waals surface area contributed by atoms with Crippen LogP contribution in [0.4, 0.5) is 4.39 Å². The number of para-hydroxylation sites is 1. The van der Waals surface area contributed by atoms with Crippen LogP contribution in [0.3, 0.4) is 0 Å². The molecule has 0 bridgehead atoms. The molecule has 0 aliphatic rings. The molecule has 1 N–H and O–H groups in total. The van der Waals surface area contributed by atoms with Crippen molar-refractivity contribution in [2.75, 3.05) is 14.2 Å². The van der Waals surface area contributed by atoms with Gasteiger partial charge < -0.3 is 19.5 Å². The fraction of sp³-hybridized carbons (Fsp3) is 0.316. The fourth-order valence-corrected chi connectivity index (χ4v) is 2.31. The molecule has 134 valence electrons. The Morgan fingerprint density at radius 3 is 2.44 bits per heavy atom. The number of methoxy groups -OCH3 is 2. The summed E-state index contributed by atoms with van der Waals surface area (Å²) in [6.45, 7) is 2.11. The predicted octanol–water partition coefficient (Wildman–Crippen LogP) is 3.32. The molecular weight excluding hydrogens is 325 g/mol. The van der Waals surface area contributed by atoms with Crippen molar-refractivity contribution in [1.29, 1.82) is 0 Å². The van der Waals surface area contributed by atoms with Gasteiger partial charge in [0.15, 0.2) is 29.2 Å². The molecule has 2 aromatic carbocycles. The van der Waals surface area contributed by atoms with Crippen molar-refractivity contribution in [3.63, 3.8) is 0 Å². The molecule has 0 radical (unpaired) electrons. The lowest BCUT2D eigenvalue weighted by Crippen LogP contribution is -2.37. The minimum absolute atomic E-state index is 0.0654. The molecule has 1 amide bonds. The van der Waals surface area contributed by atoms with E-state index in [0.717, 1.165) is 5.56 Å². The summed E-state index contributed by atoms with van der Waals surface area (Å²) in [7, 11) is 3.11. The molecule has 0 aliphatic heterocycles. The van der Waals surface area contributed by atoms with Gasteiger partial charge in [-0.2, -0.15) is 0 Å². The Morgan fingerprint density at radius 1 is 1.08 bits per heavy atom. The van der Waals surface area contributed by atoms with Crippen molar-refractivity contribution in [2.24, 2.45) is 0 Å². The molecule has 25 heavy (non-hydrogen) atoms. The maximum absolute atomic E-state index is 13.7. The zero-order valence-corrected chi connectivity index (χ0v) is 14.5. The van der Waals surface area contributed by atoms with Crippen molar-refractivity contribution in [2.45, 2.75) is 26.0 Å². The van der Waals surface area contributed by atoms with Gasteiger partial charge in [-0.05, 0) is 36.2 Å². The van der Waals surface area contributed by atoms with E-state index in [4.69, 9.17) is 14.2 Å². The number of rotatable bonds is 8. The highest BCUT2D eigenvalue weighted by molar-refractivity contribution is 5.81. The monoisotopic (exact) mass is 347 g/mol. The van der Waals surface area contributed by atoms with Crippen LogP contribution in [0.15, 0.2) is 42.5 Å². The summed E-state index contributed by atoms with van der Waals surface area (Å²) < 4.78 is 29.6. The minimum Gasteiger partial charge on any atom is -0.493 e. The summed E-state index contributed by atoms with van der Waals surface area (Å²) in [6.07, 6.45) is -0.344. The molecule has 0 spiro atoms. The third-order valence-electron chi connectivity index (χ3n) is 3.68. The number of benzene rings is 2. The van der Waals surface area contributed by atoms with E-state index >= 15 is 0 Å². The number of hydrogen-bond acceptors (Lipinski definition) is 4. The van der Waals surface area contributed by atoms with Crippen LogP contribution in [0.5, 0.6) is 17.2 Å². The van der Waals surface area contributed by atoms with Gasteiger partial charge in [-0.25, -0.2) is 4.39 Å². The molecule has 0 fully saturated rings. The molecule has 5 nitrogen and oxygen atoms in total. The Labute approximate surface area is 146 Å². The topological polar surface area (TPSA) is 56.8 Å². The molecule has 2 aromatic rings. The second kappa shape index (κ2) is 8.92. The number of nitrogens with one attached hydrogen (secondary N) is 1. The smallest absolute Gasteiger partial charge is 0.261 e. The Balaban J connectivity index is 1.99. The van der Waals surface area contributed by atoms with Gasteiger partial charge in [0.25, 0.3) is 5.91 Å². The quantitative estimate of drug-likeness (QED) is 0.796. The van der Waals surface area contributed by atoms with Crippen LogP contribution in [0.2, 0.25) is 0 Å². The van der Waals surface area contributed by atoms with Crippen molar-refractivity contribution >= 4 is 5.91 Å². The van der Waals surface area contributed by atoms with Crippen LogP contribution in [0.25, 0.3) is 0 Å². The van der Waals surface area contributed by atoms with E-state index < -0.39 is 11.9 Å². The van der Waals surface area contributed by atoms with Crippen LogP contribution in [0, 0.1) is 5.82 Å². The molecule has 0 heterocycles. The Kier molecular flexibility index (Phi) is 6.62. The van der Waals surface area contributed by atoms with E-state index in [1.54, 1.807) is 38.5 Å². The predicted molar refractivity (Wildman–Crippen MR) is 92.5 cm³/mol. The SMILES string of the molecule is CC[C@H](Oc1ccccc1F)C(=O)NCc1ccc(OC)c(OC)c1. The lowest BCUT2D eigenvalue weighted by Gasteiger charge is -2.18. The molecule has 0 saturated carbocycles. The van der Waals surface area contributed by atoms with Crippen LogP contribution >= 0.6 is 0 Å². The van der Waals surface area contributed by atoms with Gasteiger partial charge in [0.05, 0.1) is 14.2 Å². The molecule has 0 unspecified atom stereocenters. The standard InChI is InChI=1S/C19H22FNO4/c1-4-15(25-16-8-6-5-7-14(16)20)19(22)21-12-13-9-10-17(23-2)18(11-13)24-3/h5-11,15H,4,12H2,1-3H3,(H,21,22)/t15-/m0/s1. The minimum atomic E-state index is -0.767. The summed E-state index contributed by atoms with van der Waals surface area (Å²) in [4.78, 5) is 12.3. The lowest BCUT2D eigenvalue weighted by atomic mass is 10.2. The highest BCUT2D eigenvalue weighted by Crippen LogP contribution is 2.27. The first-order valence-corrected chi connectivity index (χ1v) is 7.98. The van der Waals surface area contributed by atoms with Gasteiger partial charge in [-0.3, -0.25) is 4.79 Å². The first-order chi connectivity index (χ1) is 12.1. The summed E-state index contributed by atoms with van der Waals surface area (Å²) in [6, 6.07) is 11.4. The number of ether oxygens (including phenoxy) is 3. The van der Waals surface area contributed by atoms with Gasteiger partial charge in [0.1, 0.15) is 0 Å². The van der Waals surface area contributed by atoms with Crippen molar-refractivity contribution < 1.29 is 23.4 Å². The normalized spacial score (nSPS) is 11.5. The Morgan fingerprint density at radius 2 is 1.80 bits per heavy atom. The number of amides is 1. The average molecular weight is 347 g/mol. The number of carbonyl (C=O) groups excluding carboxylic acids is 1. The Bertz CT molecular complexity index is 720. The van der Waals surface area contributed by atoms with Gasteiger partial charge in [-0.1, -0.05) is 25.1 Å². The summed E-state index contributed by atoms with van der Waals surface area (Å²) in [5, 5.41) is 2.80. The third kappa shape index (κ3) is 4.86. The van der Waals surface area contributed by atoms with E-state index in [1.165, 1.54) is 12.1 Å². The number of carbonyl (C=O) groups is 1. The van der Waals surface area contributed by atoms with Crippen LogP contribution in [-0.2, 0) is 11.3 Å². The van der Waals surface area contributed by atoms with E-state index in [2.05, 4.69) is 5.32 Å². The number of halogens is 1. The zero-order chi connectivity index (χ0) is 18.2. The third-order valence-corrected chi connectivity index (χ3v) is 3.68. The van der Waals surface area contributed by atoms with Crippen LogP contribution in [-0.4, -0.2) is 26.2 Å². The molecule has 1 atom stereocenters. The van der Waals surface area contributed by atoms with Crippen LogP contribution < -0.4 is 19.5 Å².